The molecule has 3 aliphatic rings. The molecule has 0 aromatic rings. The second-order valence-electron chi connectivity index (χ2n) is 9.31. The van der Waals surface area contributed by atoms with Gasteiger partial charge in [0.25, 0.3) is 0 Å². The van der Waals surface area contributed by atoms with E-state index in [9.17, 15) is 19.5 Å². The van der Waals surface area contributed by atoms with Crippen molar-refractivity contribution in [1.82, 2.24) is 9.80 Å². The van der Waals surface area contributed by atoms with Crippen molar-refractivity contribution in [3.63, 3.8) is 0 Å². The highest BCUT2D eigenvalue weighted by atomic mass is 32.2. The topological polar surface area (TPSA) is 87.2 Å². The van der Waals surface area contributed by atoms with Crippen molar-refractivity contribution in [2.45, 2.75) is 75.0 Å². The molecule has 3 fully saturated rings. The molecule has 3 aliphatic heterocycles. The lowest BCUT2D eigenvalue weighted by Gasteiger charge is -2.38. The molecule has 1 N–H and O–H groups in total. The predicted molar refractivity (Wildman–Crippen MR) is 120 cm³/mol. The van der Waals surface area contributed by atoms with Crippen LogP contribution in [-0.4, -0.2) is 80.6 Å². The van der Waals surface area contributed by atoms with Crippen molar-refractivity contribution in [2.24, 2.45) is 11.8 Å². The highest BCUT2D eigenvalue weighted by Crippen LogP contribution is 2.71. The summed E-state index contributed by atoms with van der Waals surface area (Å²) in [5, 5.41) is 9.23. The summed E-state index contributed by atoms with van der Waals surface area (Å²) in [6.07, 6.45) is 4.40. The minimum Gasteiger partial charge on any atom is -0.466 e. The SMILES string of the molecule is C=CCN(C(=O)C1N(CCCCO)C(=O)[C@@H]2[C@@H](C(=O)OCC)[C@@]3(C)CCC12S3)C(C)C. The maximum absolute atomic E-state index is 13.9. The highest BCUT2D eigenvalue weighted by molar-refractivity contribution is 8.02. The minimum absolute atomic E-state index is 0.0320. The maximum atomic E-state index is 13.9. The molecular formula is C23H36N2O5S. The number of hydrogen-bond donors (Lipinski definition) is 1. The van der Waals surface area contributed by atoms with Crippen LogP contribution in [0.25, 0.3) is 0 Å². The number of rotatable bonds is 10. The molecule has 0 radical (unpaired) electrons. The first-order chi connectivity index (χ1) is 14.7. The zero-order valence-electron chi connectivity index (χ0n) is 19.1. The average molecular weight is 453 g/mol. The Morgan fingerprint density at radius 3 is 2.68 bits per heavy atom. The van der Waals surface area contributed by atoms with Crippen molar-refractivity contribution in [1.29, 1.82) is 0 Å². The Morgan fingerprint density at radius 2 is 2.10 bits per heavy atom. The standard InChI is InChI=1S/C23H36N2O5S/c1-6-12-24(15(3)4)20(28)18-23-11-10-22(5,31-23)17(21(29)30-7-2)16(23)19(27)25(18)13-8-9-14-26/h6,15-18,26H,1,7-14H2,2-5H3/t16-,17-,18?,22+,23?/m0/s1. The van der Waals surface area contributed by atoms with Gasteiger partial charge in [-0.2, -0.15) is 0 Å². The minimum atomic E-state index is -0.617. The smallest absolute Gasteiger partial charge is 0.311 e. The first-order valence-corrected chi connectivity index (χ1v) is 12.2. The number of esters is 1. The van der Waals surface area contributed by atoms with Crippen LogP contribution in [0, 0.1) is 11.8 Å². The Kier molecular flexibility index (Phi) is 7.11. The fourth-order valence-corrected chi connectivity index (χ4v) is 8.12. The van der Waals surface area contributed by atoms with Gasteiger partial charge in [-0.3, -0.25) is 14.4 Å². The van der Waals surface area contributed by atoms with Crippen LogP contribution in [0.15, 0.2) is 12.7 Å². The fourth-order valence-electron chi connectivity index (χ4n) is 5.78. The Balaban J connectivity index is 2.04. The number of unbranched alkanes of at least 4 members (excludes halogenated alkanes) is 1. The third kappa shape index (κ3) is 3.80. The van der Waals surface area contributed by atoms with Crippen molar-refractivity contribution >= 4 is 29.5 Å². The molecule has 3 rings (SSSR count). The summed E-state index contributed by atoms with van der Waals surface area (Å²) in [4.78, 5) is 44.1. The molecule has 8 heteroatoms. The van der Waals surface area contributed by atoms with Crippen molar-refractivity contribution in [3.8, 4) is 0 Å². The number of ether oxygens (including phenoxy) is 1. The van der Waals surface area contributed by atoms with E-state index in [1.165, 1.54) is 0 Å². The molecule has 3 heterocycles. The number of fused-ring (bicyclic) bond motifs is 1. The maximum Gasteiger partial charge on any atom is 0.311 e. The van der Waals surface area contributed by atoms with E-state index >= 15 is 0 Å². The van der Waals surface area contributed by atoms with Crippen LogP contribution in [0.4, 0.5) is 0 Å². The van der Waals surface area contributed by atoms with Gasteiger partial charge >= 0.3 is 5.97 Å². The normalized spacial score (nSPS) is 33.7. The first kappa shape index (κ1) is 24.1. The molecule has 0 aromatic heterocycles. The van der Waals surface area contributed by atoms with E-state index in [2.05, 4.69) is 6.58 Å². The number of likely N-dealkylation sites (tertiary alicyclic amines) is 1. The molecule has 0 saturated carbocycles. The number of carbonyl (C=O) groups excluding carboxylic acids is 3. The van der Waals surface area contributed by atoms with Crippen molar-refractivity contribution in [3.05, 3.63) is 12.7 Å². The summed E-state index contributed by atoms with van der Waals surface area (Å²) < 4.78 is 4.37. The summed E-state index contributed by atoms with van der Waals surface area (Å²) >= 11 is 1.66. The van der Waals surface area contributed by atoms with Gasteiger partial charge in [-0.05, 0) is 53.4 Å². The molecule has 1 spiro atoms. The molecule has 0 aromatic carbocycles. The lowest BCUT2D eigenvalue weighted by molar-refractivity contribution is -0.155. The number of amides is 2. The van der Waals surface area contributed by atoms with Gasteiger partial charge in [-0.15, -0.1) is 18.3 Å². The molecule has 174 valence electrons. The van der Waals surface area contributed by atoms with Gasteiger partial charge in [-0.1, -0.05) is 6.08 Å². The van der Waals surface area contributed by atoms with Gasteiger partial charge in [-0.25, -0.2) is 0 Å². The number of hydrogen-bond acceptors (Lipinski definition) is 6. The summed E-state index contributed by atoms with van der Waals surface area (Å²) in [6.45, 7) is 12.7. The predicted octanol–water partition coefficient (Wildman–Crippen LogP) is 2.23. The highest BCUT2D eigenvalue weighted by Gasteiger charge is 2.77. The second-order valence-corrected chi connectivity index (χ2v) is 11.2. The second kappa shape index (κ2) is 9.14. The number of carbonyl (C=O) groups is 3. The van der Waals surface area contributed by atoms with Gasteiger partial charge < -0.3 is 19.6 Å². The van der Waals surface area contributed by atoms with Gasteiger partial charge in [0, 0.05) is 30.5 Å². The van der Waals surface area contributed by atoms with Crippen LogP contribution < -0.4 is 0 Å². The van der Waals surface area contributed by atoms with E-state index in [-0.39, 0.29) is 37.0 Å². The number of aliphatic hydroxyl groups excluding tert-OH is 1. The van der Waals surface area contributed by atoms with E-state index in [1.807, 2.05) is 20.8 Å². The molecule has 2 bridgehead atoms. The monoisotopic (exact) mass is 452 g/mol. The van der Waals surface area contributed by atoms with Gasteiger partial charge in [0.1, 0.15) is 6.04 Å². The third-order valence-electron chi connectivity index (χ3n) is 7.09. The van der Waals surface area contributed by atoms with Crippen LogP contribution in [-0.2, 0) is 19.1 Å². The molecule has 7 nitrogen and oxygen atoms in total. The van der Waals surface area contributed by atoms with Gasteiger partial charge in [0.05, 0.1) is 23.2 Å². The quantitative estimate of drug-likeness (QED) is 0.311. The summed E-state index contributed by atoms with van der Waals surface area (Å²) in [7, 11) is 0. The fraction of sp³-hybridized carbons (Fsp3) is 0.783. The average Bonchev–Trinajstić information content (AvgIpc) is 3.27. The van der Waals surface area contributed by atoms with E-state index in [0.29, 0.717) is 25.9 Å². The van der Waals surface area contributed by atoms with E-state index in [0.717, 1.165) is 12.8 Å². The van der Waals surface area contributed by atoms with Crippen LogP contribution in [0.1, 0.15) is 53.4 Å². The van der Waals surface area contributed by atoms with Crippen LogP contribution in [0.3, 0.4) is 0 Å². The Bertz CT molecular complexity index is 743. The van der Waals surface area contributed by atoms with Crippen molar-refractivity contribution < 1.29 is 24.2 Å². The molecule has 2 amide bonds. The largest absolute Gasteiger partial charge is 0.466 e. The molecule has 2 unspecified atom stereocenters. The summed E-state index contributed by atoms with van der Waals surface area (Å²) in [5.41, 5.74) is 0. The Morgan fingerprint density at radius 1 is 1.39 bits per heavy atom. The van der Waals surface area contributed by atoms with Crippen LogP contribution in [0.2, 0.25) is 0 Å². The summed E-state index contributed by atoms with van der Waals surface area (Å²) in [5.74, 6) is -1.60. The molecule has 0 aliphatic carbocycles. The lowest BCUT2D eigenvalue weighted by atomic mass is 9.66. The van der Waals surface area contributed by atoms with Crippen molar-refractivity contribution in [2.75, 3.05) is 26.3 Å². The van der Waals surface area contributed by atoms with Gasteiger partial charge in [0.15, 0.2) is 0 Å². The lowest BCUT2D eigenvalue weighted by Crippen LogP contribution is -2.56. The molecular weight excluding hydrogens is 416 g/mol. The molecule has 5 atom stereocenters. The third-order valence-corrected chi connectivity index (χ3v) is 9.08. The number of aliphatic hydroxyl groups is 1. The molecule has 31 heavy (non-hydrogen) atoms. The summed E-state index contributed by atoms with van der Waals surface area (Å²) in [6, 6.07) is -0.646. The molecule has 3 saturated heterocycles. The van der Waals surface area contributed by atoms with Gasteiger partial charge in [0.2, 0.25) is 11.8 Å². The number of nitrogens with zero attached hydrogens (tertiary/aromatic N) is 2. The van der Waals surface area contributed by atoms with E-state index in [1.54, 1.807) is 34.6 Å². The Hall–Kier alpha value is -1.54. The van der Waals surface area contributed by atoms with Crippen LogP contribution >= 0.6 is 11.8 Å². The zero-order valence-corrected chi connectivity index (χ0v) is 20.0. The zero-order chi connectivity index (χ0) is 23.0. The van der Waals surface area contributed by atoms with E-state index < -0.39 is 27.4 Å². The van der Waals surface area contributed by atoms with Crippen LogP contribution in [0.5, 0.6) is 0 Å². The number of thioether (sulfide) groups is 1. The first-order valence-electron chi connectivity index (χ1n) is 11.4. The van der Waals surface area contributed by atoms with E-state index in [4.69, 9.17) is 4.74 Å². The Labute approximate surface area is 189 Å².